The summed E-state index contributed by atoms with van der Waals surface area (Å²) in [6, 6.07) is -0.104. The third-order valence-corrected chi connectivity index (χ3v) is 4.70. The first-order valence-electron chi connectivity index (χ1n) is 7.61. The molecule has 2 unspecified atom stereocenters. The predicted molar refractivity (Wildman–Crippen MR) is 75.1 cm³/mol. The first-order chi connectivity index (χ1) is 9.33. The smallest absolute Gasteiger partial charge is 0.296 e. The van der Waals surface area contributed by atoms with Gasteiger partial charge in [-0.2, -0.15) is 13.2 Å². The van der Waals surface area contributed by atoms with E-state index in [1.54, 1.807) is 0 Å². The van der Waals surface area contributed by atoms with E-state index in [1.807, 2.05) is 0 Å². The number of likely N-dealkylation sites (tertiary alicyclic amines) is 1. The second-order valence-corrected chi connectivity index (χ2v) is 5.99. The minimum atomic E-state index is -4.08. The zero-order valence-corrected chi connectivity index (χ0v) is 12.6. The van der Waals surface area contributed by atoms with Crippen LogP contribution in [-0.2, 0) is 0 Å². The molecule has 3 N–H and O–H groups in total. The van der Waals surface area contributed by atoms with Gasteiger partial charge in [0.1, 0.15) is 0 Å². The van der Waals surface area contributed by atoms with Gasteiger partial charge in [-0.1, -0.05) is 13.3 Å². The molecular weight excluding hydrogens is 267 g/mol. The fourth-order valence-electron chi connectivity index (χ4n) is 3.18. The third kappa shape index (κ3) is 4.90. The summed E-state index contributed by atoms with van der Waals surface area (Å²) in [5.74, 6) is 5.63. The minimum Gasteiger partial charge on any atom is -0.296 e. The quantitative estimate of drug-likeness (QED) is 0.560. The second kappa shape index (κ2) is 7.61. The molecule has 1 rings (SSSR count). The van der Waals surface area contributed by atoms with Crippen LogP contribution in [0.5, 0.6) is 0 Å². The molecule has 3 nitrogen and oxygen atoms in total. The number of nitrogens with two attached hydrogens (primary N) is 1. The maximum Gasteiger partial charge on any atom is 0.389 e. The fraction of sp³-hybridized carbons (Fsp3) is 1.00. The van der Waals surface area contributed by atoms with E-state index >= 15 is 0 Å². The molecule has 0 aromatic rings. The maximum atomic E-state index is 12.3. The van der Waals surface area contributed by atoms with Crippen molar-refractivity contribution < 1.29 is 13.2 Å². The van der Waals surface area contributed by atoms with Gasteiger partial charge in [-0.25, -0.2) is 0 Å². The van der Waals surface area contributed by atoms with Crippen LogP contribution in [0.25, 0.3) is 0 Å². The number of hydrazine groups is 1. The Hall–Kier alpha value is -0.330. The van der Waals surface area contributed by atoms with Gasteiger partial charge in [-0.3, -0.25) is 16.2 Å². The van der Waals surface area contributed by atoms with Crippen molar-refractivity contribution in [1.82, 2.24) is 10.3 Å². The third-order valence-electron chi connectivity index (χ3n) is 4.70. The maximum absolute atomic E-state index is 12.3. The Morgan fingerprint density at radius 1 is 1.20 bits per heavy atom. The van der Waals surface area contributed by atoms with Crippen molar-refractivity contribution in [2.45, 2.75) is 76.6 Å². The van der Waals surface area contributed by atoms with Gasteiger partial charge in [0.05, 0.1) is 0 Å². The van der Waals surface area contributed by atoms with E-state index in [9.17, 15) is 13.2 Å². The molecule has 120 valence electrons. The number of piperidine rings is 1. The predicted octanol–water partition coefficient (Wildman–Crippen LogP) is 3.21. The van der Waals surface area contributed by atoms with Gasteiger partial charge in [-0.05, 0) is 52.1 Å². The first-order valence-corrected chi connectivity index (χ1v) is 7.61. The summed E-state index contributed by atoms with van der Waals surface area (Å²) < 4.78 is 36.8. The fourth-order valence-corrected chi connectivity index (χ4v) is 3.18. The topological polar surface area (TPSA) is 41.3 Å². The molecule has 0 bridgehead atoms. The van der Waals surface area contributed by atoms with E-state index in [0.717, 1.165) is 32.4 Å². The van der Waals surface area contributed by atoms with E-state index in [2.05, 4.69) is 24.2 Å². The second-order valence-electron chi connectivity index (χ2n) is 5.99. The highest BCUT2D eigenvalue weighted by Crippen LogP contribution is 2.31. The summed E-state index contributed by atoms with van der Waals surface area (Å²) in [6.45, 7) is 6.24. The van der Waals surface area contributed by atoms with E-state index in [4.69, 9.17) is 5.84 Å². The molecule has 0 aromatic carbocycles. The normalized spacial score (nSPS) is 22.5. The molecule has 1 aliphatic heterocycles. The lowest BCUT2D eigenvalue weighted by atomic mass is 9.83. The van der Waals surface area contributed by atoms with E-state index in [0.29, 0.717) is 6.42 Å². The van der Waals surface area contributed by atoms with Crippen LogP contribution < -0.4 is 11.3 Å². The van der Waals surface area contributed by atoms with Crippen molar-refractivity contribution in [3.05, 3.63) is 0 Å². The molecule has 1 heterocycles. The van der Waals surface area contributed by atoms with Crippen LogP contribution in [0.1, 0.15) is 58.8 Å². The summed E-state index contributed by atoms with van der Waals surface area (Å²) in [5, 5.41) is 0. The molecular formula is C14H28F3N3. The van der Waals surface area contributed by atoms with Crippen molar-refractivity contribution >= 4 is 0 Å². The van der Waals surface area contributed by atoms with Crippen LogP contribution in [0.15, 0.2) is 0 Å². The summed E-state index contributed by atoms with van der Waals surface area (Å²) in [6.07, 6.45) is 0.223. The molecule has 0 aromatic heterocycles. The van der Waals surface area contributed by atoms with Gasteiger partial charge in [0.15, 0.2) is 0 Å². The Kier molecular flexibility index (Phi) is 6.75. The number of nitrogens with zero attached hydrogens (tertiary/aromatic N) is 1. The van der Waals surface area contributed by atoms with Gasteiger partial charge in [-0.15, -0.1) is 0 Å². The Morgan fingerprint density at radius 3 is 2.25 bits per heavy atom. The van der Waals surface area contributed by atoms with Crippen molar-refractivity contribution in [2.75, 3.05) is 13.1 Å². The molecule has 0 aliphatic carbocycles. The van der Waals surface area contributed by atoms with Gasteiger partial charge in [0.2, 0.25) is 0 Å². The van der Waals surface area contributed by atoms with Crippen LogP contribution in [-0.4, -0.2) is 35.7 Å². The van der Waals surface area contributed by atoms with Crippen LogP contribution in [0, 0.1) is 0 Å². The molecule has 0 radical (unpaired) electrons. The lowest BCUT2D eigenvalue weighted by molar-refractivity contribution is -0.136. The average molecular weight is 295 g/mol. The molecule has 0 spiro atoms. The van der Waals surface area contributed by atoms with Gasteiger partial charge in [0, 0.05) is 18.0 Å². The highest BCUT2D eigenvalue weighted by atomic mass is 19.4. The van der Waals surface area contributed by atoms with Gasteiger partial charge < -0.3 is 0 Å². The van der Waals surface area contributed by atoms with Gasteiger partial charge in [0.25, 0.3) is 0 Å². The van der Waals surface area contributed by atoms with Crippen LogP contribution in [0.2, 0.25) is 0 Å². The van der Waals surface area contributed by atoms with E-state index < -0.39 is 12.6 Å². The van der Waals surface area contributed by atoms with Crippen molar-refractivity contribution in [3.8, 4) is 0 Å². The number of halogens is 3. The number of hydrogen-bond acceptors (Lipinski definition) is 3. The molecule has 1 aliphatic rings. The van der Waals surface area contributed by atoms with Crippen molar-refractivity contribution in [3.63, 3.8) is 0 Å². The number of hydrogen-bond donors (Lipinski definition) is 2. The molecule has 0 saturated carbocycles. The zero-order valence-electron chi connectivity index (χ0n) is 12.6. The Labute approximate surface area is 120 Å². The monoisotopic (exact) mass is 295 g/mol. The van der Waals surface area contributed by atoms with Crippen molar-refractivity contribution in [1.29, 1.82) is 0 Å². The number of nitrogens with one attached hydrogen (secondary N) is 1. The molecule has 1 saturated heterocycles. The van der Waals surface area contributed by atoms with Gasteiger partial charge >= 0.3 is 6.18 Å². The Bertz CT molecular complexity index is 277. The molecule has 0 amide bonds. The van der Waals surface area contributed by atoms with E-state index in [-0.39, 0.29) is 18.0 Å². The Balaban J connectivity index is 2.62. The lowest BCUT2D eigenvalue weighted by Crippen LogP contribution is -2.61. The lowest BCUT2D eigenvalue weighted by Gasteiger charge is -2.48. The molecule has 6 heteroatoms. The highest BCUT2D eigenvalue weighted by molar-refractivity contribution is 4.96. The average Bonchev–Trinajstić information content (AvgIpc) is 2.42. The standard InChI is InChI=1S/C14H28F3N3/c1-3-13(2,20-10-5-4-6-11-20)12(19-18)8-7-9-14(15,16)17/h12,19H,3-11,18H2,1-2H3. The summed E-state index contributed by atoms with van der Waals surface area (Å²) >= 11 is 0. The summed E-state index contributed by atoms with van der Waals surface area (Å²) in [4.78, 5) is 2.40. The highest BCUT2D eigenvalue weighted by Gasteiger charge is 2.38. The molecule has 1 fully saturated rings. The summed E-state index contributed by atoms with van der Waals surface area (Å²) in [5.41, 5.74) is 2.60. The SMILES string of the molecule is CCC(C)(C(CCCC(F)(F)F)NN)N1CCCCC1. The minimum absolute atomic E-state index is 0.104. The zero-order chi connectivity index (χ0) is 15.2. The number of rotatable bonds is 7. The molecule has 2 atom stereocenters. The largest absolute Gasteiger partial charge is 0.389 e. The first kappa shape index (κ1) is 17.7. The van der Waals surface area contributed by atoms with Crippen LogP contribution >= 0.6 is 0 Å². The van der Waals surface area contributed by atoms with E-state index in [1.165, 1.54) is 6.42 Å². The Morgan fingerprint density at radius 2 is 1.80 bits per heavy atom. The summed E-state index contributed by atoms with van der Waals surface area (Å²) in [7, 11) is 0. The van der Waals surface area contributed by atoms with Crippen LogP contribution in [0.3, 0.4) is 0 Å². The van der Waals surface area contributed by atoms with Crippen molar-refractivity contribution in [2.24, 2.45) is 5.84 Å². The number of alkyl halides is 3. The molecule has 20 heavy (non-hydrogen) atoms. The van der Waals surface area contributed by atoms with Crippen LogP contribution in [0.4, 0.5) is 13.2 Å².